The van der Waals surface area contributed by atoms with Crippen LogP contribution in [0, 0.1) is 24.8 Å². The minimum atomic E-state index is 0. The molecule has 1 atom stereocenters. The van der Waals surface area contributed by atoms with Gasteiger partial charge in [0, 0.05) is 0 Å². The van der Waals surface area contributed by atoms with E-state index in [4.69, 9.17) is 0 Å². The molecule has 2 aromatic carbocycles. The van der Waals surface area contributed by atoms with Crippen molar-refractivity contribution in [2.75, 3.05) is 0 Å². The van der Waals surface area contributed by atoms with Gasteiger partial charge in [0.05, 0.1) is 0 Å². The molecule has 0 amide bonds. The first-order valence-electron chi connectivity index (χ1n) is 5.23. The van der Waals surface area contributed by atoms with Crippen LogP contribution in [-0.4, -0.2) is 0 Å². The Morgan fingerprint density at radius 3 is 2.44 bits per heavy atom. The average molecular weight is 395 g/mol. The molecule has 0 bridgehead atoms. The molecule has 0 fully saturated rings. The van der Waals surface area contributed by atoms with Gasteiger partial charge in [-0.2, -0.15) is 29.8 Å². The molecule has 0 saturated carbocycles. The maximum absolute atomic E-state index is 2.38. The van der Waals surface area contributed by atoms with Gasteiger partial charge < -0.3 is 20.4 Å². The molecule has 1 radical (unpaired) electrons. The van der Waals surface area contributed by atoms with Crippen LogP contribution >= 0.6 is 22.6 Å². The Morgan fingerprint density at radius 2 is 1.94 bits per heavy atom. The van der Waals surface area contributed by atoms with Gasteiger partial charge in [0.25, 0.3) is 0 Å². The molecular weight excluding hydrogens is 375 g/mol. The van der Waals surface area contributed by atoms with Crippen LogP contribution in [0.15, 0.2) is 42.5 Å². The molecule has 99 valence electrons. The van der Waals surface area contributed by atoms with E-state index in [-0.39, 0.29) is 31.9 Å². The summed E-state index contributed by atoms with van der Waals surface area (Å²) in [5.41, 5.74) is 2.81. The van der Waals surface area contributed by atoms with E-state index in [0.717, 1.165) is 6.42 Å². The maximum atomic E-state index is 2.38. The molecule has 2 heteroatoms. The van der Waals surface area contributed by atoms with Crippen LogP contribution in [0.5, 0.6) is 0 Å². The summed E-state index contributed by atoms with van der Waals surface area (Å²) in [5, 5.41) is 0. The first-order valence-corrected chi connectivity index (χ1v) is 6.31. The van der Waals surface area contributed by atoms with Crippen LogP contribution in [-0.2, 0) is 17.1 Å². The van der Waals surface area contributed by atoms with Crippen LogP contribution < -0.4 is 0 Å². The Morgan fingerprint density at radius 1 is 1.22 bits per heavy atom. The van der Waals surface area contributed by atoms with Gasteiger partial charge in [-0.15, -0.1) is 6.42 Å². The van der Waals surface area contributed by atoms with Gasteiger partial charge in [0.1, 0.15) is 0 Å². The molecule has 2 aromatic rings. The zero-order valence-electron chi connectivity index (χ0n) is 11.1. The second kappa shape index (κ2) is 9.71. The summed E-state index contributed by atoms with van der Waals surface area (Å²) >= 11 is 2.38. The molecule has 0 unspecified atom stereocenters. The largest absolute Gasteiger partial charge is 5.00 e. The first-order chi connectivity index (χ1) is 7.27. The Bertz CT molecular complexity index is 400. The van der Waals surface area contributed by atoms with Crippen LogP contribution in [0.4, 0.5) is 0 Å². The molecule has 0 aliphatic rings. The predicted octanol–water partition coefficient (Wildman–Crippen LogP) is 5.37. The van der Waals surface area contributed by atoms with Crippen LogP contribution in [0.2, 0.25) is 0 Å². The second-order valence-corrected chi connectivity index (χ2v) is 5.05. The Kier molecular flexibility index (Phi) is 10.9. The van der Waals surface area contributed by atoms with E-state index in [1.54, 1.807) is 0 Å². The van der Waals surface area contributed by atoms with E-state index >= 15 is 0 Å². The van der Waals surface area contributed by atoms with E-state index in [1.165, 1.54) is 14.7 Å². The Balaban J connectivity index is 0. The summed E-state index contributed by atoms with van der Waals surface area (Å²) in [7, 11) is 0. The van der Waals surface area contributed by atoms with Gasteiger partial charge in [0.2, 0.25) is 0 Å². The summed E-state index contributed by atoms with van der Waals surface area (Å²) in [6.07, 6.45) is 3.45. The van der Waals surface area contributed by atoms with E-state index in [9.17, 15) is 0 Å². The van der Waals surface area contributed by atoms with Gasteiger partial charge in [-0.1, -0.05) is 12.8 Å². The number of hydrogen-bond donors (Lipinski definition) is 0. The number of hydrogen-bond acceptors (Lipinski definition) is 0. The standard InChI is InChI=1S/C14H14I.2CH3.Fe/c1-11(12-5-2-3-6-12)9-10-13-7-4-8-14(13)15;;;/h2-8,10-11H,9H2,1H3;2*1H3;/q-3;2*-1;+5/t11-;;;/m1.../s1. The Hall–Kier alpha value is -0.181. The molecular formula is C16H20FeI. The van der Waals surface area contributed by atoms with Crippen molar-refractivity contribution < 1.29 is 17.1 Å². The van der Waals surface area contributed by atoms with Crippen molar-refractivity contribution >= 4 is 22.6 Å². The van der Waals surface area contributed by atoms with Gasteiger partial charge in [-0.25, -0.2) is 38.3 Å². The molecule has 0 N–H and O–H groups in total. The summed E-state index contributed by atoms with van der Waals surface area (Å²) < 4.78 is 1.35. The quantitative estimate of drug-likeness (QED) is 0.371. The Labute approximate surface area is 137 Å². The minimum absolute atomic E-state index is 0. The fourth-order valence-corrected chi connectivity index (χ4v) is 2.34. The molecule has 18 heavy (non-hydrogen) atoms. The predicted molar refractivity (Wildman–Crippen MR) is 86.0 cm³/mol. The topological polar surface area (TPSA) is 0 Å². The molecule has 0 nitrogen and oxygen atoms in total. The van der Waals surface area contributed by atoms with Crippen molar-refractivity contribution in [2.24, 2.45) is 0 Å². The van der Waals surface area contributed by atoms with E-state index < -0.39 is 0 Å². The zero-order chi connectivity index (χ0) is 10.7. The molecule has 0 aliphatic carbocycles. The third kappa shape index (κ3) is 5.21. The fraction of sp³-hybridized carbons (Fsp3) is 0.188. The average Bonchev–Trinajstić information content (AvgIpc) is 2.85. The van der Waals surface area contributed by atoms with Gasteiger partial charge in [0.15, 0.2) is 0 Å². The van der Waals surface area contributed by atoms with Gasteiger partial charge >= 0.3 is 17.1 Å². The van der Waals surface area contributed by atoms with Crippen molar-refractivity contribution in [1.82, 2.24) is 0 Å². The normalized spacial score (nSPS) is 10.6. The van der Waals surface area contributed by atoms with Crippen LogP contribution in [0.25, 0.3) is 0 Å². The summed E-state index contributed by atoms with van der Waals surface area (Å²) in [5.74, 6) is 0.616. The van der Waals surface area contributed by atoms with Crippen molar-refractivity contribution in [3.05, 3.63) is 78.4 Å². The number of rotatable bonds is 4. The monoisotopic (exact) mass is 395 g/mol. The third-order valence-electron chi connectivity index (χ3n) is 2.74. The molecule has 0 spiro atoms. The van der Waals surface area contributed by atoms with Crippen molar-refractivity contribution in [3.63, 3.8) is 0 Å². The van der Waals surface area contributed by atoms with Gasteiger partial charge in [-0.05, 0) is 0 Å². The van der Waals surface area contributed by atoms with Crippen molar-refractivity contribution in [2.45, 2.75) is 19.3 Å². The summed E-state index contributed by atoms with van der Waals surface area (Å²) in [6.45, 7) is 2.28. The van der Waals surface area contributed by atoms with Crippen LogP contribution in [0.1, 0.15) is 30.4 Å². The van der Waals surface area contributed by atoms with Crippen molar-refractivity contribution in [3.8, 4) is 0 Å². The second-order valence-electron chi connectivity index (χ2n) is 3.89. The molecule has 0 aromatic heterocycles. The van der Waals surface area contributed by atoms with Crippen molar-refractivity contribution in [1.29, 1.82) is 0 Å². The minimum Gasteiger partial charge on any atom is -0.358 e. The SMILES string of the molecule is C[C@H](C[CH-]c1[cH-]ccc1I)c1ccc[cH-]1.[CH3-].[CH3-].[Fe+5]. The zero-order valence-corrected chi connectivity index (χ0v) is 14.4. The van der Waals surface area contributed by atoms with E-state index in [2.05, 4.69) is 78.4 Å². The van der Waals surface area contributed by atoms with Gasteiger partial charge in [-0.3, -0.25) is 12.5 Å². The van der Waals surface area contributed by atoms with Crippen LogP contribution in [0.3, 0.4) is 0 Å². The smallest absolute Gasteiger partial charge is 0.358 e. The molecule has 0 saturated heterocycles. The van der Waals surface area contributed by atoms with E-state index in [1.807, 2.05) is 0 Å². The third-order valence-corrected chi connectivity index (χ3v) is 3.73. The molecule has 0 heterocycles. The number of halogens is 1. The maximum Gasteiger partial charge on any atom is 5.00 e. The summed E-state index contributed by atoms with van der Waals surface area (Å²) in [4.78, 5) is 0. The fourth-order valence-electron chi connectivity index (χ4n) is 1.73. The summed E-state index contributed by atoms with van der Waals surface area (Å²) in [6, 6.07) is 15.1. The molecule has 0 aliphatic heterocycles. The first kappa shape index (κ1) is 20.1. The molecule has 2 rings (SSSR count). The van der Waals surface area contributed by atoms with E-state index in [0.29, 0.717) is 5.92 Å².